The van der Waals surface area contributed by atoms with Crippen molar-refractivity contribution in [1.82, 2.24) is 0 Å². The second kappa shape index (κ2) is 6.48. The third kappa shape index (κ3) is 2.92. The van der Waals surface area contributed by atoms with Crippen LogP contribution in [-0.4, -0.2) is 14.2 Å². The lowest BCUT2D eigenvalue weighted by atomic mass is 9.98. The molecule has 3 nitrogen and oxygen atoms in total. The van der Waals surface area contributed by atoms with Gasteiger partial charge in [-0.3, -0.25) is 0 Å². The van der Waals surface area contributed by atoms with Gasteiger partial charge in [-0.15, -0.1) is 0 Å². The normalized spacial score (nSPS) is 12.1. The van der Waals surface area contributed by atoms with E-state index in [9.17, 15) is 0 Å². The molecule has 0 saturated heterocycles. The van der Waals surface area contributed by atoms with E-state index in [0.717, 1.165) is 15.6 Å². The predicted molar refractivity (Wildman–Crippen MR) is 84.7 cm³/mol. The summed E-state index contributed by atoms with van der Waals surface area (Å²) in [7, 11) is 3.23. The maximum Gasteiger partial charge on any atom is 0.127 e. The van der Waals surface area contributed by atoms with Crippen LogP contribution < -0.4 is 15.2 Å². The summed E-state index contributed by atoms with van der Waals surface area (Å²) in [6, 6.07) is 10.8. The van der Waals surface area contributed by atoms with Gasteiger partial charge in [-0.05, 0) is 45.8 Å². The number of ether oxygens (including phenoxy) is 2. The van der Waals surface area contributed by atoms with E-state index in [4.69, 9.17) is 26.8 Å². The Kier molecular flexibility index (Phi) is 4.91. The van der Waals surface area contributed by atoms with Crippen molar-refractivity contribution in [1.29, 1.82) is 0 Å². The van der Waals surface area contributed by atoms with Gasteiger partial charge in [0.2, 0.25) is 0 Å². The van der Waals surface area contributed by atoms with E-state index < -0.39 is 0 Å². The van der Waals surface area contributed by atoms with Gasteiger partial charge in [0.15, 0.2) is 0 Å². The highest BCUT2D eigenvalue weighted by atomic mass is 79.9. The van der Waals surface area contributed by atoms with E-state index in [1.54, 1.807) is 14.2 Å². The minimum Gasteiger partial charge on any atom is -0.496 e. The van der Waals surface area contributed by atoms with Crippen LogP contribution in [0.2, 0.25) is 5.02 Å². The number of hydrogen-bond acceptors (Lipinski definition) is 3. The van der Waals surface area contributed by atoms with Crippen molar-refractivity contribution in [3.8, 4) is 11.5 Å². The van der Waals surface area contributed by atoms with Gasteiger partial charge in [-0.1, -0.05) is 23.7 Å². The summed E-state index contributed by atoms with van der Waals surface area (Å²) < 4.78 is 11.6. The maximum absolute atomic E-state index is 6.36. The highest BCUT2D eigenvalue weighted by Gasteiger charge is 2.19. The number of methoxy groups -OCH3 is 2. The second-order valence-electron chi connectivity index (χ2n) is 4.23. The molecule has 2 aromatic rings. The SMILES string of the molecule is COc1cccc(OC)c1C(N)c1ccc(Cl)c(Br)c1. The molecule has 106 valence electrons. The average Bonchev–Trinajstić information content (AvgIpc) is 2.48. The molecular weight excluding hydrogens is 342 g/mol. The summed E-state index contributed by atoms with van der Waals surface area (Å²) in [4.78, 5) is 0. The quantitative estimate of drug-likeness (QED) is 0.894. The molecule has 0 aromatic heterocycles. The Hall–Kier alpha value is -1.23. The first-order valence-corrected chi connectivity index (χ1v) is 7.17. The number of halogens is 2. The molecule has 0 aliphatic heterocycles. The highest BCUT2D eigenvalue weighted by molar-refractivity contribution is 9.10. The Bertz CT molecular complexity index is 597. The molecule has 0 radical (unpaired) electrons. The van der Waals surface area contributed by atoms with Crippen molar-refractivity contribution in [3.05, 3.63) is 57.0 Å². The first kappa shape index (κ1) is 15.2. The lowest BCUT2D eigenvalue weighted by Crippen LogP contribution is -2.14. The monoisotopic (exact) mass is 355 g/mol. The largest absolute Gasteiger partial charge is 0.496 e. The van der Waals surface area contributed by atoms with Crippen molar-refractivity contribution in [3.63, 3.8) is 0 Å². The topological polar surface area (TPSA) is 44.5 Å². The van der Waals surface area contributed by atoms with E-state index in [0.29, 0.717) is 16.5 Å². The van der Waals surface area contributed by atoms with Crippen molar-refractivity contribution in [2.24, 2.45) is 5.73 Å². The van der Waals surface area contributed by atoms with Crippen LogP contribution in [0, 0.1) is 0 Å². The van der Waals surface area contributed by atoms with Crippen molar-refractivity contribution in [2.75, 3.05) is 14.2 Å². The van der Waals surface area contributed by atoms with Gasteiger partial charge in [-0.2, -0.15) is 0 Å². The Morgan fingerprint density at radius 1 is 1.10 bits per heavy atom. The van der Waals surface area contributed by atoms with Gasteiger partial charge < -0.3 is 15.2 Å². The van der Waals surface area contributed by atoms with Crippen molar-refractivity contribution < 1.29 is 9.47 Å². The molecule has 0 bridgehead atoms. The first-order chi connectivity index (χ1) is 9.58. The van der Waals surface area contributed by atoms with Gasteiger partial charge in [0.1, 0.15) is 11.5 Å². The minimum absolute atomic E-state index is 0.366. The van der Waals surface area contributed by atoms with Crippen LogP contribution in [0.3, 0.4) is 0 Å². The van der Waals surface area contributed by atoms with Gasteiger partial charge in [-0.25, -0.2) is 0 Å². The second-order valence-corrected chi connectivity index (χ2v) is 5.49. The third-order valence-corrected chi connectivity index (χ3v) is 4.29. The zero-order chi connectivity index (χ0) is 14.7. The van der Waals surface area contributed by atoms with E-state index in [-0.39, 0.29) is 6.04 Å². The zero-order valence-corrected chi connectivity index (χ0v) is 13.5. The Balaban J connectivity index is 2.51. The molecule has 0 aliphatic carbocycles. The van der Waals surface area contributed by atoms with E-state index in [1.807, 2.05) is 36.4 Å². The molecule has 2 N–H and O–H groups in total. The minimum atomic E-state index is -0.366. The summed E-state index contributed by atoms with van der Waals surface area (Å²) in [5, 5.41) is 0.646. The van der Waals surface area contributed by atoms with Crippen LogP contribution in [0.5, 0.6) is 11.5 Å². The van der Waals surface area contributed by atoms with E-state index >= 15 is 0 Å². The smallest absolute Gasteiger partial charge is 0.127 e. The molecule has 2 aromatic carbocycles. The van der Waals surface area contributed by atoms with Crippen LogP contribution in [0.4, 0.5) is 0 Å². The fraction of sp³-hybridized carbons (Fsp3) is 0.200. The summed E-state index contributed by atoms with van der Waals surface area (Å²) >= 11 is 9.42. The number of benzene rings is 2. The lowest BCUT2D eigenvalue weighted by Gasteiger charge is -2.19. The summed E-state index contributed by atoms with van der Waals surface area (Å²) in [5.41, 5.74) is 8.10. The summed E-state index contributed by atoms with van der Waals surface area (Å²) in [6.45, 7) is 0. The zero-order valence-electron chi connectivity index (χ0n) is 11.2. The van der Waals surface area contributed by atoms with E-state index in [1.165, 1.54) is 0 Å². The number of rotatable bonds is 4. The standard InChI is InChI=1S/C15H15BrClNO2/c1-19-12-4-3-5-13(20-2)14(12)15(18)9-6-7-11(17)10(16)8-9/h3-8,15H,18H2,1-2H3. The molecule has 2 rings (SSSR count). The molecule has 1 unspecified atom stereocenters. The first-order valence-electron chi connectivity index (χ1n) is 6.00. The number of hydrogen-bond donors (Lipinski definition) is 1. The highest BCUT2D eigenvalue weighted by Crippen LogP contribution is 2.37. The molecule has 5 heteroatoms. The lowest BCUT2D eigenvalue weighted by molar-refractivity contribution is 0.382. The van der Waals surface area contributed by atoms with Crippen LogP contribution >= 0.6 is 27.5 Å². The number of nitrogens with two attached hydrogens (primary N) is 1. The molecule has 0 amide bonds. The van der Waals surface area contributed by atoms with Crippen LogP contribution in [0.1, 0.15) is 17.2 Å². The fourth-order valence-corrected chi connectivity index (χ4v) is 2.57. The molecule has 1 atom stereocenters. The summed E-state index contributed by atoms with van der Waals surface area (Å²) in [6.07, 6.45) is 0. The Labute approximate surface area is 131 Å². The Morgan fingerprint density at radius 3 is 2.20 bits per heavy atom. The Morgan fingerprint density at radius 2 is 1.70 bits per heavy atom. The van der Waals surface area contributed by atoms with Crippen LogP contribution in [0.25, 0.3) is 0 Å². The molecule has 0 aliphatic rings. The van der Waals surface area contributed by atoms with Crippen molar-refractivity contribution >= 4 is 27.5 Å². The van der Waals surface area contributed by atoms with Gasteiger partial charge in [0.25, 0.3) is 0 Å². The molecule has 0 heterocycles. The fourth-order valence-electron chi connectivity index (χ4n) is 2.06. The van der Waals surface area contributed by atoms with Crippen LogP contribution in [-0.2, 0) is 0 Å². The third-order valence-electron chi connectivity index (χ3n) is 3.08. The molecule has 0 saturated carbocycles. The predicted octanol–water partition coefficient (Wildman–Crippen LogP) is 4.17. The van der Waals surface area contributed by atoms with Gasteiger partial charge >= 0.3 is 0 Å². The van der Waals surface area contributed by atoms with Gasteiger partial charge in [0.05, 0.1) is 30.8 Å². The van der Waals surface area contributed by atoms with E-state index in [2.05, 4.69) is 15.9 Å². The molecule has 20 heavy (non-hydrogen) atoms. The molecule has 0 fully saturated rings. The summed E-state index contributed by atoms with van der Waals surface area (Å²) in [5.74, 6) is 1.39. The average molecular weight is 357 g/mol. The molecule has 0 spiro atoms. The van der Waals surface area contributed by atoms with Gasteiger partial charge in [0, 0.05) is 4.47 Å². The maximum atomic E-state index is 6.36. The molecular formula is C15H15BrClNO2. The van der Waals surface area contributed by atoms with Crippen molar-refractivity contribution in [2.45, 2.75) is 6.04 Å². The van der Waals surface area contributed by atoms with Crippen LogP contribution in [0.15, 0.2) is 40.9 Å².